The van der Waals surface area contributed by atoms with Gasteiger partial charge in [-0.25, -0.2) is 4.98 Å². The number of rotatable bonds is 5. The fourth-order valence-electron chi connectivity index (χ4n) is 2.51. The molecule has 0 saturated heterocycles. The lowest BCUT2D eigenvalue weighted by atomic mass is 9.97. The van der Waals surface area contributed by atoms with E-state index in [0.29, 0.717) is 10.3 Å². The Labute approximate surface area is 147 Å². The molecule has 0 aromatic carbocycles. The summed E-state index contributed by atoms with van der Waals surface area (Å²) < 4.78 is 0. The molecular formula is C15H19N5O2S2. The van der Waals surface area contributed by atoms with Gasteiger partial charge in [-0.2, -0.15) is 0 Å². The van der Waals surface area contributed by atoms with E-state index < -0.39 is 5.25 Å². The fraction of sp³-hybridized carbons (Fsp3) is 0.533. The Hall–Kier alpha value is -1.74. The van der Waals surface area contributed by atoms with Crippen LogP contribution >= 0.6 is 23.1 Å². The highest BCUT2D eigenvalue weighted by Gasteiger charge is 2.20. The summed E-state index contributed by atoms with van der Waals surface area (Å²) in [6, 6.07) is 0. The Morgan fingerprint density at radius 3 is 2.92 bits per heavy atom. The summed E-state index contributed by atoms with van der Waals surface area (Å²) in [6.07, 6.45) is 4.50. The van der Waals surface area contributed by atoms with E-state index in [-0.39, 0.29) is 11.5 Å². The first kappa shape index (κ1) is 17.1. The fourth-order valence-corrected chi connectivity index (χ4v) is 4.01. The average Bonchev–Trinajstić information content (AvgIpc) is 3.02. The largest absolute Gasteiger partial charge is 0.301 e. The van der Waals surface area contributed by atoms with Crippen molar-refractivity contribution in [3.8, 4) is 0 Å². The molecule has 24 heavy (non-hydrogen) atoms. The molecule has 0 unspecified atom stereocenters. The van der Waals surface area contributed by atoms with Gasteiger partial charge in [0.1, 0.15) is 5.01 Å². The minimum absolute atomic E-state index is 0.0773. The number of thioether (sulfide) groups is 1. The van der Waals surface area contributed by atoms with E-state index >= 15 is 0 Å². The molecule has 2 aromatic heterocycles. The maximum atomic E-state index is 12.3. The van der Waals surface area contributed by atoms with Crippen molar-refractivity contribution in [2.24, 2.45) is 0 Å². The van der Waals surface area contributed by atoms with Crippen LogP contribution < -0.4 is 10.9 Å². The summed E-state index contributed by atoms with van der Waals surface area (Å²) in [6.45, 7) is 3.77. The molecule has 0 radical (unpaired) electrons. The molecule has 2 heterocycles. The van der Waals surface area contributed by atoms with Gasteiger partial charge in [0.2, 0.25) is 11.0 Å². The number of H-pyrrole nitrogens is 1. The van der Waals surface area contributed by atoms with Gasteiger partial charge in [0.25, 0.3) is 5.56 Å². The van der Waals surface area contributed by atoms with Gasteiger partial charge in [0.05, 0.1) is 10.9 Å². The molecule has 3 rings (SSSR count). The number of hydrogen-bond donors (Lipinski definition) is 2. The smallest absolute Gasteiger partial charge is 0.254 e. The first-order valence-corrected chi connectivity index (χ1v) is 9.68. The van der Waals surface area contributed by atoms with Crippen molar-refractivity contribution in [1.29, 1.82) is 0 Å². The van der Waals surface area contributed by atoms with Gasteiger partial charge in [0, 0.05) is 5.56 Å². The van der Waals surface area contributed by atoms with E-state index in [9.17, 15) is 9.59 Å². The summed E-state index contributed by atoms with van der Waals surface area (Å²) in [5.41, 5.74) is 1.59. The Kier molecular flexibility index (Phi) is 5.30. The number of amides is 1. The number of aromatic nitrogens is 4. The summed E-state index contributed by atoms with van der Waals surface area (Å²) >= 11 is 2.62. The van der Waals surface area contributed by atoms with Crippen molar-refractivity contribution in [3.05, 3.63) is 26.6 Å². The number of aryl methyl sites for hydroxylation is 2. The maximum absolute atomic E-state index is 12.3. The van der Waals surface area contributed by atoms with E-state index in [1.165, 1.54) is 23.1 Å². The Balaban J connectivity index is 1.67. The Bertz CT molecular complexity index is 801. The lowest BCUT2D eigenvalue weighted by Gasteiger charge is -2.15. The third-order valence-electron chi connectivity index (χ3n) is 3.83. The van der Waals surface area contributed by atoms with Crippen molar-refractivity contribution in [2.75, 3.05) is 5.32 Å². The number of nitrogens with zero attached hydrogens (tertiary/aromatic N) is 3. The zero-order valence-corrected chi connectivity index (χ0v) is 15.2. The summed E-state index contributed by atoms with van der Waals surface area (Å²) in [7, 11) is 0. The van der Waals surface area contributed by atoms with Gasteiger partial charge in [-0.1, -0.05) is 30.0 Å². The van der Waals surface area contributed by atoms with Crippen LogP contribution in [0.4, 0.5) is 5.13 Å². The van der Waals surface area contributed by atoms with Gasteiger partial charge in [-0.05, 0) is 39.0 Å². The second kappa shape index (κ2) is 7.43. The zero-order valence-electron chi connectivity index (χ0n) is 13.6. The highest BCUT2D eigenvalue weighted by molar-refractivity contribution is 8.00. The van der Waals surface area contributed by atoms with Crippen LogP contribution in [-0.4, -0.2) is 31.3 Å². The van der Waals surface area contributed by atoms with Crippen molar-refractivity contribution in [3.63, 3.8) is 0 Å². The second-order valence-corrected chi connectivity index (χ2v) is 8.00. The third kappa shape index (κ3) is 3.84. The molecule has 128 valence electrons. The van der Waals surface area contributed by atoms with Gasteiger partial charge in [0.15, 0.2) is 5.16 Å². The molecule has 9 heteroatoms. The molecule has 0 aliphatic heterocycles. The minimum Gasteiger partial charge on any atom is -0.301 e. The predicted octanol–water partition coefficient (Wildman–Crippen LogP) is 2.18. The number of hydrogen-bond acceptors (Lipinski definition) is 7. The normalized spacial score (nSPS) is 14.9. The van der Waals surface area contributed by atoms with E-state index in [4.69, 9.17) is 0 Å². The van der Waals surface area contributed by atoms with Crippen molar-refractivity contribution in [2.45, 2.75) is 56.4 Å². The number of carbonyl (C=O) groups is 1. The number of carbonyl (C=O) groups excluding carboxylic acids is 1. The van der Waals surface area contributed by atoms with Crippen LogP contribution in [0, 0.1) is 0 Å². The van der Waals surface area contributed by atoms with Crippen LogP contribution in [0.2, 0.25) is 0 Å². The Morgan fingerprint density at radius 1 is 1.38 bits per heavy atom. The summed E-state index contributed by atoms with van der Waals surface area (Å²) in [5.74, 6) is -0.181. The summed E-state index contributed by atoms with van der Waals surface area (Å²) in [5, 5.41) is 12.2. The van der Waals surface area contributed by atoms with E-state index in [0.717, 1.165) is 48.4 Å². The highest BCUT2D eigenvalue weighted by atomic mass is 32.2. The molecule has 2 N–H and O–H groups in total. The van der Waals surface area contributed by atoms with Crippen LogP contribution in [0.25, 0.3) is 0 Å². The Morgan fingerprint density at radius 2 is 2.17 bits per heavy atom. The van der Waals surface area contributed by atoms with E-state index in [1.807, 2.05) is 6.92 Å². The number of fused-ring (bicyclic) bond motifs is 1. The summed E-state index contributed by atoms with van der Waals surface area (Å²) in [4.78, 5) is 31.7. The second-order valence-electron chi connectivity index (χ2n) is 5.61. The minimum atomic E-state index is -0.399. The van der Waals surface area contributed by atoms with E-state index in [2.05, 4.69) is 25.5 Å². The van der Waals surface area contributed by atoms with Crippen molar-refractivity contribution in [1.82, 2.24) is 20.2 Å². The van der Waals surface area contributed by atoms with Gasteiger partial charge in [-0.3, -0.25) is 14.9 Å². The standard InChI is InChI=1S/C15H19N5O2S2/c1-3-11-19-20-15(24-11)17-12(21)8(2)23-14-16-10-7-5-4-6-9(10)13(22)18-14/h8H,3-7H2,1-2H3,(H,16,18,22)(H,17,20,21)/t8-/m0/s1. The number of aromatic amines is 1. The van der Waals surface area contributed by atoms with Crippen LogP contribution in [0.3, 0.4) is 0 Å². The molecule has 0 spiro atoms. The monoisotopic (exact) mass is 365 g/mol. The molecule has 7 nitrogen and oxygen atoms in total. The molecule has 1 atom stereocenters. The zero-order chi connectivity index (χ0) is 17.1. The molecule has 2 aromatic rings. The number of anilines is 1. The first-order valence-electron chi connectivity index (χ1n) is 7.98. The average molecular weight is 365 g/mol. The molecule has 1 aliphatic rings. The van der Waals surface area contributed by atoms with Crippen molar-refractivity contribution >= 4 is 34.1 Å². The lowest BCUT2D eigenvalue weighted by molar-refractivity contribution is -0.115. The molecular weight excluding hydrogens is 346 g/mol. The highest BCUT2D eigenvalue weighted by Crippen LogP contribution is 2.24. The lowest BCUT2D eigenvalue weighted by Crippen LogP contribution is -2.25. The predicted molar refractivity (Wildman–Crippen MR) is 94.7 cm³/mol. The van der Waals surface area contributed by atoms with Gasteiger partial charge < -0.3 is 4.98 Å². The van der Waals surface area contributed by atoms with Crippen LogP contribution in [0.1, 0.15) is 43.0 Å². The maximum Gasteiger partial charge on any atom is 0.254 e. The topological polar surface area (TPSA) is 101 Å². The molecule has 1 aliphatic carbocycles. The van der Waals surface area contributed by atoms with Crippen LogP contribution in [-0.2, 0) is 24.1 Å². The third-order valence-corrected chi connectivity index (χ3v) is 5.79. The van der Waals surface area contributed by atoms with Gasteiger partial charge in [-0.15, -0.1) is 10.2 Å². The van der Waals surface area contributed by atoms with Crippen molar-refractivity contribution < 1.29 is 4.79 Å². The molecule has 0 fully saturated rings. The molecule has 0 bridgehead atoms. The quantitative estimate of drug-likeness (QED) is 0.622. The van der Waals surface area contributed by atoms with Gasteiger partial charge >= 0.3 is 0 Å². The first-order chi connectivity index (χ1) is 11.6. The van der Waals surface area contributed by atoms with Crippen LogP contribution in [0.15, 0.2) is 9.95 Å². The van der Waals surface area contributed by atoms with Crippen LogP contribution in [0.5, 0.6) is 0 Å². The SMILES string of the molecule is CCc1nnc(NC(=O)[C@H](C)Sc2nc3c(c(=O)[nH]2)CCCC3)s1. The van der Waals surface area contributed by atoms with E-state index in [1.54, 1.807) is 6.92 Å². The molecule has 1 amide bonds. The number of nitrogens with one attached hydrogen (secondary N) is 2. The molecule has 0 saturated carbocycles.